The molecule has 0 aromatic carbocycles. The zero-order valence-corrected chi connectivity index (χ0v) is 9.20. The Balaban J connectivity index is 2.38. The Labute approximate surface area is 91.2 Å². The van der Waals surface area contributed by atoms with Gasteiger partial charge in [-0.1, -0.05) is 19.6 Å². The maximum atomic E-state index is 5.33. The standard InChI is InChI=1S/C12H18N2O/c1-3-7-13-9-11-5-6-12(10-14-11)15-8-4-2/h4-6,10,13H,2-3,7-9H2,1H3. The molecule has 0 aliphatic heterocycles. The van der Waals surface area contributed by atoms with Crippen molar-refractivity contribution in [2.24, 2.45) is 0 Å². The monoisotopic (exact) mass is 206 g/mol. The van der Waals surface area contributed by atoms with Crippen LogP contribution >= 0.6 is 0 Å². The lowest BCUT2D eigenvalue weighted by molar-refractivity contribution is 0.361. The molecule has 1 N–H and O–H groups in total. The number of hydrogen-bond acceptors (Lipinski definition) is 3. The summed E-state index contributed by atoms with van der Waals surface area (Å²) in [4.78, 5) is 4.28. The molecule has 1 aromatic heterocycles. The summed E-state index contributed by atoms with van der Waals surface area (Å²) in [5.41, 5.74) is 1.04. The molecule has 0 atom stereocenters. The fourth-order valence-corrected chi connectivity index (χ4v) is 1.15. The Morgan fingerprint density at radius 1 is 1.53 bits per heavy atom. The molecule has 0 unspecified atom stereocenters. The first-order valence-electron chi connectivity index (χ1n) is 5.26. The average Bonchev–Trinajstić information content (AvgIpc) is 2.28. The van der Waals surface area contributed by atoms with Crippen molar-refractivity contribution < 1.29 is 4.74 Å². The van der Waals surface area contributed by atoms with E-state index in [1.165, 1.54) is 0 Å². The molecule has 0 amide bonds. The zero-order valence-electron chi connectivity index (χ0n) is 9.20. The van der Waals surface area contributed by atoms with Crippen molar-refractivity contribution in [1.82, 2.24) is 10.3 Å². The summed E-state index contributed by atoms with van der Waals surface area (Å²) >= 11 is 0. The van der Waals surface area contributed by atoms with Crippen molar-refractivity contribution in [3.8, 4) is 5.75 Å². The molecular formula is C12H18N2O. The summed E-state index contributed by atoms with van der Waals surface area (Å²) in [6, 6.07) is 3.90. The van der Waals surface area contributed by atoms with E-state index in [0.29, 0.717) is 6.61 Å². The smallest absolute Gasteiger partial charge is 0.138 e. The van der Waals surface area contributed by atoms with Gasteiger partial charge in [-0.2, -0.15) is 0 Å². The highest BCUT2D eigenvalue weighted by molar-refractivity contribution is 5.19. The van der Waals surface area contributed by atoms with Crippen molar-refractivity contribution in [1.29, 1.82) is 0 Å². The summed E-state index contributed by atoms with van der Waals surface area (Å²) in [5.74, 6) is 0.786. The largest absolute Gasteiger partial charge is 0.488 e. The molecule has 0 bridgehead atoms. The highest BCUT2D eigenvalue weighted by atomic mass is 16.5. The summed E-state index contributed by atoms with van der Waals surface area (Å²) in [7, 11) is 0. The van der Waals surface area contributed by atoms with Gasteiger partial charge in [-0.05, 0) is 25.1 Å². The van der Waals surface area contributed by atoms with E-state index in [1.54, 1.807) is 12.3 Å². The predicted octanol–water partition coefficient (Wildman–Crippen LogP) is 2.15. The van der Waals surface area contributed by atoms with Crippen LogP contribution in [-0.4, -0.2) is 18.1 Å². The van der Waals surface area contributed by atoms with E-state index in [1.807, 2.05) is 12.1 Å². The molecule has 82 valence electrons. The van der Waals surface area contributed by atoms with Crippen molar-refractivity contribution >= 4 is 0 Å². The first kappa shape index (κ1) is 11.7. The van der Waals surface area contributed by atoms with Gasteiger partial charge in [0, 0.05) is 6.54 Å². The van der Waals surface area contributed by atoms with Crippen molar-refractivity contribution in [3.05, 3.63) is 36.7 Å². The molecule has 3 heteroatoms. The van der Waals surface area contributed by atoms with Crippen LogP contribution in [0.2, 0.25) is 0 Å². The molecule has 0 aliphatic rings. The van der Waals surface area contributed by atoms with Crippen LogP contribution < -0.4 is 10.1 Å². The average molecular weight is 206 g/mol. The molecule has 0 saturated heterocycles. The van der Waals surface area contributed by atoms with Gasteiger partial charge in [0.25, 0.3) is 0 Å². The summed E-state index contributed by atoms with van der Waals surface area (Å²) < 4.78 is 5.33. The third-order valence-corrected chi connectivity index (χ3v) is 1.90. The highest BCUT2D eigenvalue weighted by Crippen LogP contribution is 2.08. The lowest BCUT2D eigenvalue weighted by Gasteiger charge is -2.05. The maximum absolute atomic E-state index is 5.33. The number of hydrogen-bond donors (Lipinski definition) is 1. The van der Waals surface area contributed by atoms with E-state index < -0.39 is 0 Å². The van der Waals surface area contributed by atoms with Crippen LogP contribution in [0, 0.1) is 0 Å². The van der Waals surface area contributed by atoms with Gasteiger partial charge in [-0.3, -0.25) is 4.98 Å². The molecule has 3 nitrogen and oxygen atoms in total. The second-order valence-electron chi connectivity index (χ2n) is 3.26. The summed E-state index contributed by atoms with van der Waals surface area (Å²) in [6.07, 6.45) is 4.60. The highest BCUT2D eigenvalue weighted by Gasteiger charge is 1.95. The van der Waals surface area contributed by atoms with Crippen LogP contribution in [0.1, 0.15) is 19.0 Å². The summed E-state index contributed by atoms with van der Waals surface area (Å²) in [6.45, 7) is 8.10. The van der Waals surface area contributed by atoms with Crippen LogP contribution in [0.15, 0.2) is 31.0 Å². The number of ether oxygens (including phenoxy) is 1. The number of aromatic nitrogens is 1. The molecule has 1 aromatic rings. The first-order chi connectivity index (χ1) is 7.36. The molecule has 15 heavy (non-hydrogen) atoms. The lowest BCUT2D eigenvalue weighted by atomic mass is 10.3. The molecule has 0 radical (unpaired) electrons. The Kier molecular flexibility index (Phi) is 5.48. The number of pyridine rings is 1. The first-order valence-corrected chi connectivity index (χ1v) is 5.26. The predicted molar refractivity (Wildman–Crippen MR) is 61.9 cm³/mol. The van der Waals surface area contributed by atoms with Crippen LogP contribution in [0.5, 0.6) is 5.75 Å². The van der Waals surface area contributed by atoms with E-state index in [2.05, 4.69) is 23.8 Å². The SMILES string of the molecule is C=CCOc1ccc(CNCCC)nc1. The Bertz CT molecular complexity index is 282. The van der Waals surface area contributed by atoms with E-state index in [4.69, 9.17) is 4.74 Å². The number of rotatable bonds is 7. The minimum absolute atomic E-state index is 0.523. The van der Waals surface area contributed by atoms with Gasteiger partial charge in [-0.25, -0.2) is 0 Å². The quantitative estimate of drug-likeness (QED) is 0.548. The number of nitrogens with one attached hydrogen (secondary N) is 1. The van der Waals surface area contributed by atoms with Crippen molar-refractivity contribution in [2.45, 2.75) is 19.9 Å². The maximum Gasteiger partial charge on any atom is 0.138 e. The van der Waals surface area contributed by atoms with Gasteiger partial charge in [-0.15, -0.1) is 0 Å². The third kappa shape index (κ3) is 4.61. The van der Waals surface area contributed by atoms with E-state index >= 15 is 0 Å². The minimum Gasteiger partial charge on any atom is -0.488 e. The van der Waals surface area contributed by atoms with Crippen LogP contribution in [0.4, 0.5) is 0 Å². The van der Waals surface area contributed by atoms with Gasteiger partial charge in [0.15, 0.2) is 0 Å². The normalized spacial score (nSPS) is 9.93. The second kappa shape index (κ2) is 7.01. The van der Waals surface area contributed by atoms with Gasteiger partial charge >= 0.3 is 0 Å². The van der Waals surface area contributed by atoms with E-state index in [9.17, 15) is 0 Å². The minimum atomic E-state index is 0.523. The Morgan fingerprint density at radius 3 is 3.00 bits per heavy atom. The van der Waals surface area contributed by atoms with E-state index in [-0.39, 0.29) is 0 Å². The fourth-order valence-electron chi connectivity index (χ4n) is 1.15. The molecule has 0 aliphatic carbocycles. The van der Waals surface area contributed by atoms with Gasteiger partial charge in [0.05, 0.1) is 11.9 Å². The van der Waals surface area contributed by atoms with Gasteiger partial charge < -0.3 is 10.1 Å². The molecule has 0 saturated carbocycles. The third-order valence-electron chi connectivity index (χ3n) is 1.90. The summed E-state index contributed by atoms with van der Waals surface area (Å²) in [5, 5.41) is 3.29. The second-order valence-corrected chi connectivity index (χ2v) is 3.26. The van der Waals surface area contributed by atoms with Crippen LogP contribution in [0.25, 0.3) is 0 Å². The topological polar surface area (TPSA) is 34.1 Å². The zero-order chi connectivity index (χ0) is 10.9. The fraction of sp³-hybridized carbons (Fsp3) is 0.417. The Morgan fingerprint density at radius 2 is 2.40 bits per heavy atom. The molecule has 1 heterocycles. The molecule has 1 rings (SSSR count). The van der Waals surface area contributed by atoms with Gasteiger partial charge in [0.2, 0.25) is 0 Å². The molecule has 0 fully saturated rings. The lowest BCUT2D eigenvalue weighted by Crippen LogP contribution is -2.14. The molecular weight excluding hydrogens is 188 g/mol. The van der Waals surface area contributed by atoms with Crippen LogP contribution in [-0.2, 0) is 6.54 Å². The van der Waals surface area contributed by atoms with Crippen molar-refractivity contribution in [3.63, 3.8) is 0 Å². The van der Waals surface area contributed by atoms with Crippen molar-refractivity contribution in [2.75, 3.05) is 13.2 Å². The Hall–Kier alpha value is -1.35. The van der Waals surface area contributed by atoms with Crippen LogP contribution in [0.3, 0.4) is 0 Å². The van der Waals surface area contributed by atoms with Gasteiger partial charge in [0.1, 0.15) is 12.4 Å². The van der Waals surface area contributed by atoms with E-state index in [0.717, 1.165) is 31.0 Å². The number of nitrogens with zero attached hydrogens (tertiary/aromatic N) is 1. The molecule has 0 spiro atoms.